The molecule has 2 nitrogen and oxygen atoms in total. The highest BCUT2D eigenvalue weighted by Crippen LogP contribution is 2.21. The fraction of sp³-hybridized carbons (Fsp3) is 0.200. The Morgan fingerprint density at radius 3 is 2.00 bits per heavy atom. The smallest absolute Gasteiger partial charge is 0.0897 e. The Bertz CT molecular complexity index is 687. The first kappa shape index (κ1) is 10.2. The lowest BCUT2D eigenvalue weighted by Gasteiger charge is -2.06. The monoisotopic (exact) mass is 222 g/mol. The number of aromatic nitrogens is 2. The van der Waals surface area contributed by atoms with Crippen molar-refractivity contribution >= 4 is 22.1 Å². The SMILES string of the molecule is CC(C)c1ccc2nc3ccccc3nc2c1. The van der Waals surface area contributed by atoms with Crippen LogP contribution in [0.4, 0.5) is 0 Å². The molecule has 1 aromatic heterocycles. The summed E-state index contributed by atoms with van der Waals surface area (Å²) in [6.45, 7) is 4.38. The Morgan fingerprint density at radius 1 is 0.765 bits per heavy atom. The molecule has 0 unspecified atom stereocenters. The second kappa shape index (κ2) is 3.81. The second-order valence-corrected chi connectivity index (χ2v) is 4.62. The van der Waals surface area contributed by atoms with E-state index in [0.717, 1.165) is 22.1 Å². The third kappa shape index (κ3) is 1.76. The number of fused-ring (bicyclic) bond motifs is 2. The third-order valence-electron chi connectivity index (χ3n) is 3.03. The molecule has 0 aliphatic carbocycles. The van der Waals surface area contributed by atoms with E-state index in [4.69, 9.17) is 0 Å². The molecule has 0 atom stereocenters. The van der Waals surface area contributed by atoms with Gasteiger partial charge in [0, 0.05) is 0 Å². The minimum Gasteiger partial charge on any atom is -0.245 e. The normalized spacial score (nSPS) is 11.5. The molecule has 0 N–H and O–H groups in total. The first-order valence-corrected chi connectivity index (χ1v) is 5.90. The van der Waals surface area contributed by atoms with E-state index < -0.39 is 0 Å². The van der Waals surface area contributed by atoms with Crippen molar-refractivity contribution in [1.29, 1.82) is 0 Å². The van der Waals surface area contributed by atoms with Crippen molar-refractivity contribution in [3.63, 3.8) is 0 Å². The second-order valence-electron chi connectivity index (χ2n) is 4.62. The molecular weight excluding hydrogens is 208 g/mol. The zero-order valence-corrected chi connectivity index (χ0v) is 10.0. The molecule has 0 saturated heterocycles. The van der Waals surface area contributed by atoms with E-state index in [1.165, 1.54) is 5.56 Å². The fourth-order valence-corrected chi connectivity index (χ4v) is 2.00. The van der Waals surface area contributed by atoms with E-state index in [1.54, 1.807) is 0 Å². The molecule has 0 saturated carbocycles. The van der Waals surface area contributed by atoms with Gasteiger partial charge in [0.15, 0.2) is 0 Å². The predicted octanol–water partition coefficient (Wildman–Crippen LogP) is 3.91. The number of nitrogens with zero attached hydrogens (tertiary/aromatic N) is 2. The number of hydrogen-bond acceptors (Lipinski definition) is 2. The summed E-state index contributed by atoms with van der Waals surface area (Å²) < 4.78 is 0. The number of rotatable bonds is 1. The highest BCUT2D eigenvalue weighted by molar-refractivity contribution is 5.86. The van der Waals surface area contributed by atoms with Crippen LogP contribution in [-0.4, -0.2) is 9.97 Å². The van der Waals surface area contributed by atoms with E-state index in [1.807, 2.05) is 24.3 Å². The minimum atomic E-state index is 0.521. The van der Waals surface area contributed by atoms with E-state index in [0.29, 0.717) is 5.92 Å². The Labute approximate surface area is 100 Å². The van der Waals surface area contributed by atoms with E-state index >= 15 is 0 Å². The van der Waals surface area contributed by atoms with Crippen LogP contribution in [0.25, 0.3) is 22.1 Å². The van der Waals surface area contributed by atoms with Gasteiger partial charge in [-0.3, -0.25) is 0 Å². The summed E-state index contributed by atoms with van der Waals surface area (Å²) in [5.74, 6) is 0.521. The van der Waals surface area contributed by atoms with Crippen LogP contribution in [0.2, 0.25) is 0 Å². The molecule has 0 amide bonds. The topological polar surface area (TPSA) is 25.8 Å². The van der Waals surface area contributed by atoms with Crippen molar-refractivity contribution in [1.82, 2.24) is 9.97 Å². The maximum absolute atomic E-state index is 4.66. The molecule has 2 heteroatoms. The van der Waals surface area contributed by atoms with Gasteiger partial charge in [0.25, 0.3) is 0 Å². The molecule has 1 heterocycles. The van der Waals surface area contributed by atoms with Crippen LogP contribution in [0, 0.1) is 0 Å². The van der Waals surface area contributed by atoms with Gasteiger partial charge >= 0.3 is 0 Å². The lowest BCUT2D eigenvalue weighted by Crippen LogP contribution is -1.91. The van der Waals surface area contributed by atoms with Gasteiger partial charge in [0.2, 0.25) is 0 Å². The summed E-state index contributed by atoms with van der Waals surface area (Å²) in [6, 6.07) is 14.3. The molecule has 0 aliphatic rings. The lowest BCUT2D eigenvalue weighted by molar-refractivity contribution is 0.868. The predicted molar refractivity (Wildman–Crippen MR) is 71.1 cm³/mol. The molecule has 17 heavy (non-hydrogen) atoms. The van der Waals surface area contributed by atoms with Crippen LogP contribution in [0.1, 0.15) is 25.3 Å². The molecule has 0 bridgehead atoms. The van der Waals surface area contributed by atoms with Gasteiger partial charge in [-0.15, -0.1) is 0 Å². The first-order valence-electron chi connectivity index (χ1n) is 5.90. The molecular formula is C15H14N2. The highest BCUT2D eigenvalue weighted by Gasteiger charge is 2.04. The summed E-state index contributed by atoms with van der Waals surface area (Å²) in [5, 5.41) is 0. The average Bonchev–Trinajstić information content (AvgIpc) is 2.35. The van der Waals surface area contributed by atoms with Gasteiger partial charge in [-0.2, -0.15) is 0 Å². The highest BCUT2D eigenvalue weighted by atomic mass is 14.8. The zero-order chi connectivity index (χ0) is 11.8. The van der Waals surface area contributed by atoms with Gasteiger partial charge in [-0.05, 0) is 35.7 Å². The van der Waals surface area contributed by atoms with E-state index in [-0.39, 0.29) is 0 Å². The van der Waals surface area contributed by atoms with Gasteiger partial charge < -0.3 is 0 Å². The number of para-hydroxylation sites is 2. The zero-order valence-electron chi connectivity index (χ0n) is 10.0. The molecule has 84 valence electrons. The van der Waals surface area contributed by atoms with Crippen molar-refractivity contribution in [3.8, 4) is 0 Å². The summed E-state index contributed by atoms with van der Waals surface area (Å²) in [4.78, 5) is 9.27. The summed E-state index contributed by atoms with van der Waals surface area (Å²) in [5.41, 5.74) is 5.17. The molecule has 3 rings (SSSR count). The standard InChI is InChI=1S/C15H14N2/c1-10(2)11-7-8-14-15(9-11)17-13-6-4-3-5-12(13)16-14/h3-10H,1-2H3. The maximum Gasteiger partial charge on any atom is 0.0897 e. The van der Waals surface area contributed by atoms with Crippen molar-refractivity contribution in [2.75, 3.05) is 0 Å². The molecule has 0 spiro atoms. The minimum absolute atomic E-state index is 0.521. The van der Waals surface area contributed by atoms with Gasteiger partial charge in [0.05, 0.1) is 22.1 Å². The molecule has 2 aromatic carbocycles. The Hall–Kier alpha value is -1.96. The van der Waals surface area contributed by atoms with E-state index in [9.17, 15) is 0 Å². The Balaban J connectivity index is 2.32. The van der Waals surface area contributed by atoms with Crippen LogP contribution in [0.3, 0.4) is 0 Å². The molecule has 0 fully saturated rings. The van der Waals surface area contributed by atoms with Crippen molar-refractivity contribution in [2.24, 2.45) is 0 Å². The van der Waals surface area contributed by atoms with Crippen LogP contribution >= 0.6 is 0 Å². The van der Waals surface area contributed by atoms with Gasteiger partial charge in [-0.25, -0.2) is 9.97 Å². The fourth-order valence-electron chi connectivity index (χ4n) is 2.00. The van der Waals surface area contributed by atoms with Crippen molar-refractivity contribution in [2.45, 2.75) is 19.8 Å². The Morgan fingerprint density at radius 2 is 1.35 bits per heavy atom. The van der Waals surface area contributed by atoms with Crippen LogP contribution in [0.5, 0.6) is 0 Å². The summed E-state index contributed by atoms with van der Waals surface area (Å²) in [7, 11) is 0. The maximum atomic E-state index is 4.66. The molecule has 0 radical (unpaired) electrons. The quantitative estimate of drug-likeness (QED) is 0.583. The van der Waals surface area contributed by atoms with Crippen molar-refractivity contribution < 1.29 is 0 Å². The first-order chi connectivity index (χ1) is 8.24. The van der Waals surface area contributed by atoms with Crippen LogP contribution in [-0.2, 0) is 0 Å². The summed E-state index contributed by atoms with van der Waals surface area (Å²) >= 11 is 0. The van der Waals surface area contributed by atoms with Crippen molar-refractivity contribution in [3.05, 3.63) is 48.0 Å². The van der Waals surface area contributed by atoms with E-state index in [2.05, 4.69) is 42.0 Å². The average molecular weight is 222 g/mol. The molecule has 0 aliphatic heterocycles. The third-order valence-corrected chi connectivity index (χ3v) is 3.03. The Kier molecular flexibility index (Phi) is 2.29. The van der Waals surface area contributed by atoms with Gasteiger partial charge in [0.1, 0.15) is 0 Å². The van der Waals surface area contributed by atoms with Crippen LogP contribution < -0.4 is 0 Å². The van der Waals surface area contributed by atoms with Crippen LogP contribution in [0.15, 0.2) is 42.5 Å². The van der Waals surface area contributed by atoms with Gasteiger partial charge in [-0.1, -0.05) is 32.0 Å². The summed E-state index contributed by atoms with van der Waals surface area (Å²) in [6.07, 6.45) is 0. The largest absolute Gasteiger partial charge is 0.245 e. The molecule has 3 aromatic rings. The number of benzene rings is 2. The lowest BCUT2D eigenvalue weighted by atomic mass is 10.0. The number of hydrogen-bond donors (Lipinski definition) is 0.